The average molecular weight is 256 g/mol. The summed E-state index contributed by atoms with van der Waals surface area (Å²) >= 11 is 0. The third-order valence-corrected chi connectivity index (χ3v) is 2.89. The van der Waals surface area contributed by atoms with Crippen molar-refractivity contribution in [3.05, 3.63) is 47.4 Å². The van der Waals surface area contributed by atoms with Crippen LogP contribution in [-0.4, -0.2) is 22.9 Å². The van der Waals surface area contributed by atoms with E-state index in [0.717, 1.165) is 16.8 Å². The van der Waals surface area contributed by atoms with E-state index < -0.39 is 0 Å². The molecule has 1 aromatic carbocycles. The fraction of sp³-hybridized carbons (Fsp3) is 0.214. The van der Waals surface area contributed by atoms with E-state index in [2.05, 4.69) is 9.97 Å². The number of nitrogens with two attached hydrogens (primary N) is 1. The van der Waals surface area contributed by atoms with Gasteiger partial charge in [0.05, 0.1) is 12.4 Å². The normalized spacial score (nSPS) is 10.3. The molecule has 19 heavy (non-hydrogen) atoms. The third-order valence-electron chi connectivity index (χ3n) is 2.89. The summed E-state index contributed by atoms with van der Waals surface area (Å²) in [5, 5.41) is 0. The number of benzene rings is 1. The van der Waals surface area contributed by atoms with Gasteiger partial charge in [-0.3, -0.25) is 9.78 Å². The van der Waals surface area contributed by atoms with Crippen LogP contribution in [-0.2, 0) is 0 Å². The van der Waals surface area contributed by atoms with Crippen molar-refractivity contribution in [3.63, 3.8) is 0 Å². The van der Waals surface area contributed by atoms with Gasteiger partial charge in [0.2, 0.25) is 0 Å². The highest BCUT2D eigenvalue weighted by Gasteiger charge is 2.17. The minimum atomic E-state index is -0.230. The maximum atomic E-state index is 12.3. The lowest BCUT2D eigenvalue weighted by Gasteiger charge is -2.19. The number of aryl methyl sites for hydroxylation is 2. The van der Waals surface area contributed by atoms with Crippen molar-refractivity contribution in [2.45, 2.75) is 13.8 Å². The average Bonchev–Trinajstić information content (AvgIpc) is 2.37. The number of hydrogen-bond acceptors (Lipinski definition) is 4. The monoisotopic (exact) mass is 256 g/mol. The standard InChI is InChI=1S/C14H16N4O/c1-9-4-5-12(10(2)6-9)18(3)14(19)11-7-16-8-13(15)17-11/h4-8H,1-3H3,(H2,15,17). The molecule has 0 spiro atoms. The molecule has 0 aliphatic rings. The summed E-state index contributed by atoms with van der Waals surface area (Å²) in [5.41, 5.74) is 8.82. The van der Waals surface area contributed by atoms with Crippen molar-refractivity contribution in [1.82, 2.24) is 9.97 Å². The second-order valence-electron chi connectivity index (χ2n) is 4.48. The Balaban J connectivity index is 2.33. The lowest BCUT2D eigenvalue weighted by molar-refractivity contribution is 0.0988. The summed E-state index contributed by atoms with van der Waals surface area (Å²) in [5.74, 6) is 0.00614. The molecule has 98 valence electrons. The first-order valence-corrected chi connectivity index (χ1v) is 5.92. The van der Waals surface area contributed by atoms with Gasteiger partial charge in [-0.2, -0.15) is 0 Å². The largest absolute Gasteiger partial charge is 0.382 e. The molecule has 0 atom stereocenters. The molecule has 2 rings (SSSR count). The van der Waals surface area contributed by atoms with Gasteiger partial charge in [-0.15, -0.1) is 0 Å². The Labute approximate surface area is 112 Å². The number of carbonyl (C=O) groups excluding carboxylic acids is 1. The van der Waals surface area contributed by atoms with Crippen molar-refractivity contribution in [1.29, 1.82) is 0 Å². The third kappa shape index (κ3) is 2.70. The Bertz CT molecular complexity index is 625. The van der Waals surface area contributed by atoms with Gasteiger partial charge >= 0.3 is 0 Å². The molecule has 0 saturated carbocycles. The molecule has 0 bridgehead atoms. The van der Waals surface area contributed by atoms with Crippen LogP contribution < -0.4 is 10.6 Å². The SMILES string of the molecule is Cc1ccc(N(C)C(=O)c2cncc(N)n2)c(C)c1. The van der Waals surface area contributed by atoms with Crippen LogP contribution in [0, 0.1) is 13.8 Å². The second kappa shape index (κ2) is 5.06. The van der Waals surface area contributed by atoms with Crippen LogP contribution >= 0.6 is 0 Å². The Morgan fingerprint density at radius 2 is 2.00 bits per heavy atom. The van der Waals surface area contributed by atoms with Crippen LogP contribution in [0.25, 0.3) is 0 Å². The van der Waals surface area contributed by atoms with E-state index in [1.54, 1.807) is 11.9 Å². The molecular formula is C14H16N4O. The minimum Gasteiger partial charge on any atom is -0.382 e. The lowest BCUT2D eigenvalue weighted by atomic mass is 10.1. The summed E-state index contributed by atoms with van der Waals surface area (Å²) in [6.07, 6.45) is 2.83. The summed E-state index contributed by atoms with van der Waals surface area (Å²) in [4.78, 5) is 21.7. The number of anilines is 2. The van der Waals surface area contributed by atoms with E-state index in [0.29, 0.717) is 0 Å². The van der Waals surface area contributed by atoms with Crippen LogP contribution in [0.4, 0.5) is 11.5 Å². The molecule has 2 N–H and O–H groups in total. The Morgan fingerprint density at radius 1 is 1.26 bits per heavy atom. The molecule has 0 saturated heterocycles. The predicted molar refractivity (Wildman–Crippen MR) is 75.1 cm³/mol. The van der Waals surface area contributed by atoms with Crippen molar-refractivity contribution < 1.29 is 4.79 Å². The van der Waals surface area contributed by atoms with Gasteiger partial charge < -0.3 is 10.6 Å². The number of nitrogen functional groups attached to an aromatic ring is 1. The maximum Gasteiger partial charge on any atom is 0.278 e. The van der Waals surface area contributed by atoms with Crippen LogP contribution in [0.5, 0.6) is 0 Å². The van der Waals surface area contributed by atoms with Gasteiger partial charge in [0.25, 0.3) is 5.91 Å². The zero-order valence-corrected chi connectivity index (χ0v) is 11.2. The Hall–Kier alpha value is -2.43. The minimum absolute atomic E-state index is 0.230. The molecule has 0 aliphatic carbocycles. The number of carbonyl (C=O) groups is 1. The van der Waals surface area contributed by atoms with E-state index in [9.17, 15) is 4.79 Å². The number of nitrogens with zero attached hydrogens (tertiary/aromatic N) is 3. The molecule has 5 nitrogen and oxygen atoms in total. The first-order chi connectivity index (χ1) is 8.99. The summed E-state index contributed by atoms with van der Waals surface area (Å²) in [6.45, 7) is 3.99. The summed E-state index contributed by atoms with van der Waals surface area (Å²) < 4.78 is 0. The highest BCUT2D eigenvalue weighted by molar-refractivity contribution is 6.04. The molecule has 2 aromatic rings. The van der Waals surface area contributed by atoms with Gasteiger partial charge in [-0.1, -0.05) is 17.7 Å². The number of hydrogen-bond donors (Lipinski definition) is 1. The van der Waals surface area contributed by atoms with E-state index >= 15 is 0 Å². The van der Waals surface area contributed by atoms with Crippen molar-refractivity contribution in [2.24, 2.45) is 0 Å². The van der Waals surface area contributed by atoms with Crippen molar-refractivity contribution in [2.75, 3.05) is 17.7 Å². The summed E-state index contributed by atoms with van der Waals surface area (Å²) in [6, 6.07) is 5.92. The number of amides is 1. The van der Waals surface area contributed by atoms with Gasteiger partial charge in [0.15, 0.2) is 0 Å². The Kier molecular flexibility index (Phi) is 3.46. The predicted octanol–water partition coefficient (Wildman–Crippen LogP) is 1.95. The molecule has 0 radical (unpaired) electrons. The summed E-state index contributed by atoms with van der Waals surface area (Å²) in [7, 11) is 1.71. The van der Waals surface area contributed by atoms with E-state index in [-0.39, 0.29) is 17.4 Å². The van der Waals surface area contributed by atoms with Crippen LogP contribution in [0.15, 0.2) is 30.6 Å². The van der Waals surface area contributed by atoms with Crippen LogP contribution in [0.3, 0.4) is 0 Å². The zero-order valence-electron chi connectivity index (χ0n) is 11.2. The maximum absolute atomic E-state index is 12.3. The molecule has 0 fully saturated rings. The lowest BCUT2D eigenvalue weighted by Crippen LogP contribution is -2.28. The smallest absolute Gasteiger partial charge is 0.278 e. The van der Waals surface area contributed by atoms with Crippen molar-refractivity contribution in [3.8, 4) is 0 Å². The fourth-order valence-corrected chi connectivity index (χ4v) is 1.95. The first kappa shape index (κ1) is 13.0. The number of rotatable bonds is 2. The Morgan fingerprint density at radius 3 is 2.63 bits per heavy atom. The van der Waals surface area contributed by atoms with Crippen LogP contribution in [0.1, 0.15) is 21.6 Å². The van der Waals surface area contributed by atoms with E-state index in [1.165, 1.54) is 12.4 Å². The molecule has 0 aliphatic heterocycles. The highest BCUT2D eigenvalue weighted by Crippen LogP contribution is 2.21. The molecule has 1 amide bonds. The molecule has 5 heteroatoms. The molecule has 0 unspecified atom stereocenters. The molecular weight excluding hydrogens is 240 g/mol. The van der Waals surface area contributed by atoms with Crippen LogP contribution in [0.2, 0.25) is 0 Å². The van der Waals surface area contributed by atoms with Crippen molar-refractivity contribution >= 4 is 17.4 Å². The quantitative estimate of drug-likeness (QED) is 0.891. The van der Waals surface area contributed by atoms with Gasteiger partial charge in [0, 0.05) is 12.7 Å². The van der Waals surface area contributed by atoms with Gasteiger partial charge in [-0.05, 0) is 25.5 Å². The molecule has 1 heterocycles. The molecule has 1 aromatic heterocycles. The fourth-order valence-electron chi connectivity index (χ4n) is 1.95. The number of aromatic nitrogens is 2. The topological polar surface area (TPSA) is 72.1 Å². The first-order valence-electron chi connectivity index (χ1n) is 5.92. The zero-order chi connectivity index (χ0) is 14.0. The van der Waals surface area contributed by atoms with E-state index in [1.807, 2.05) is 32.0 Å². The highest BCUT2D eigenvalue weighted by atomic mass is 16.2. The van der Waals surface area contributed by atoms with E-state index in [4.69, 9.17) is 5.73 Å². The van der Waals surface area contributed by atoms with Gasteiger partial charge in [-0.25, -0.2) is 4.98 Å². The second-order valence-corrected chi connectivity index (χ2v) is 4.48. The van der Waals surface area contributed by atoms with Gasteiger partial charge in [0.1, 0.15) is 11.5 Å².